The van der Waals surface area contributed by atoms with Gasteiger partial charge in [0.1, 0.15) is 11.4 Å². The number of rotatable bonds is 10. The van der Waals surface area contributed by atoms with Crippen molar-refractivity contribution in [3.05, 3.63) is 23.3 Å². The summed E-state index contributed by atoms with van der Waals surface area (Å²) in [7, 11) is 1.63. The number of thioether (sulfide) groups is 1. The number of carboxylic acids is 2. The molecule has 3 aliphatic rings. The minimum atomic E-state index is -1.82. The molecule has 0 radical (unpaired) electrons. The number of hydrogen-bond donors (Lipinski definition) is 6. The smallest absolute Gasteiger partial charge is 0.350 e. The van der Waals surface area contributed by atoms with Crippen LogP contribution in [0.2, 0.25) is 0 Å². The van der Waals surface area contributed by atoms with Gasteiger partial charge in [-0.2, -0.15) is 9.36 Å². The van der Waals surface area contributed by atoms with E-state index in [9.17, 15) is 34.2 Å². The number of fused-ring (bicyclic) bond motifs is 1. The Labute approximate surface area is 274 Å². The number of nitrogen functional groups attached to an aromatic ring is 2. The Morgan fingerprint density at radius 1 is 1.30 bits per heavy atom. The molecule has 1 unspecified atom stereocenters. The Hall–Kier alpha value is -4.96. The van der Waals surface area contributed by atoms with E-state index in [0.29, 0.717) is 30.8 Å². The number of β-lactam (4-membered cyclic amide) rings is 1. The van der Waals surface area contributed by atoms with Gasteiger partial charge in [-0.3, -0.25) is 19.8 Å². The van der Waals surface area contributed by atoms with Crippen LogP contribution in [0.1, 0.15) is 26.1 Å². The SMILES string of the molecule is Cn1c(N)c(NC(=O)N2CCC(N)C2)c[n+]1CC1=C(C(=O)[O-])N2C(=O)[C@@H](NC(=O)/C(=N\OC(C)(C)C(=O)O)c3nsc(N)n3)[C@H]2SC1. The molecule has 2 saturated heterocycles. The minimum absolute atomic E-state index is 0.00771. The first kappa shape index (κ1) is 33.4. The third-order valence-electron chi connectivity index (χ3n) is 7.67. The molecule has 20 nitrogen and oxygen atoms in total. The standard InChI is InChI=1S/C25H32N12O8S2/c1-25(2,22(42)43)45-32-13(17-31-23(28)47-33-17)18(38)30-14-19(39)37-15(21(40)41)10(9-46-20(14)37)6-36-8-12(16(27)34(36)3)29-24(44)35-5-4-11(26)7-35/h8,11,14,20,27H,4-7,9,26H2,1-3H3,(H6,28,29,30,31,33,38,40,41,42,43,44)/b32-13-/t11?,14-,20-/m1/s1. The van der Waals surface area contributed by atoms with Gasteiger partial charge >= 0.3 is 12.0 Å². The van der Waals surface area contributed by atoms with Crippen LogP contribution in [0.25, 0.3) is 0 Å². The van der Waals surface area contributed by atoms with Crippen LogP contribution in [0.15, 0.2) is 22.6 Å². The number of nitrogens with zero attached hydrogens (tertiary/aromatic N) is 7. The van der Waals surface area contributed by atoms with Crippen LogP contribution in [-0.4, -0.2) is 106 Å². The van der Waals surface area contributed by atoms with E-state index in [-0.39, 0.29) is 46.8 Å². The van der Waals surface area contributed by atoms with Gasteiger partial charge in [-0.05, 0) is 20.3 Å². The molecule has 0 spiro atoms. The molecule has 4 amide bonds. The second-order valence-corrected chi connectivity index (χ2v) is 13.3. The Balaban J connectivity index is 1.33. The Morgan fingerprint density at radius 2 is 2.02 bits per heavy atom. The van der Waals surface area contributed by atoms with Crippen molar-refractivity contribution in [1.29, 1.82) is 0 Å². The van der Waals surface area contributed by atoms with Gasteiger partial charge in [-0.15, -0.1) is 21.1 Å². The van der Waals surface area contributed by atoms with Crippen molar-refractivity contribution >= 4 is 75.4 Å². The molecule has 22 heteroatoms. The molecule has 5 rings (SSSR count). The molecule has 0 bridgehead atoms. The molecule has 0 aromatic carbocycles. The van der Waals surface area contributed by atoms with Crippen LogP contribution >= 0.6 is 23.3 Å². The number of urea groups is 1. The highest BCUT2D eigenvalue weighted by Gasteiger charge is 2.53. The summed E-state index contributed by atoms with van der Waals surface area (Å²) in [6.07, 6.45) is 2.23. The van der Waals surface area contributed by atoms with E-state index in [1.165, 1.54) is 30.3 Å². The molecular weight excluding hydrogens is 660 g/mol. The number of anilines is 3. The summed E-state index contributed by atoms with van der Waals surface area (Å²) in [5, 5.41) is 29.8. The number of nitrogens with one attached hydrogen (secondary N) is 2. The van der Waals surface area contributed by atoms with Crippen LogP contribution in [0.3, 0.4) is 0 Å². The van der Waals surface area contributed by atoms with Gasteiger partial charge in [0.05, 0.1) is 18.7 Å². The maximum atomic E-state index is 13.3. The first-order chi connectivity index (χ1) is 22.1. The van der Waals surface area contributed by atoms with Gasteiger partial charge in [0.15, 0.2) is 23.2 Å². The highest BCUT2D eigenvalue weighted by molar-refractivity contribution is 8.00. The van der Waals surface area contributed by atoms with Gasteiger partial charge < -0.3 is 47.3 Å². The van der Waals surface area contributed by atoms with Crippen molar-refractivity contribution < 1.29 is 43.7 Å². The number of aliphatic carboxylic acids is 2. The lowest BCUT2D eigenvalue weighted by molar-refractivity contribution is -0.765. The zero-order valence-electron chi connectivity index (χ0n) is 25.3. The van der Waals surface area contributed by atoms with Crippen LogP contribution in [-0.2, 0) is 37.6 Å². The molecule has 3 atom stereocenters. The summed E-state index contributed by atoms with van der Waals surface area (Å²) >= 11 is 1.95. The predicted molar refractivity (Wildman–Crippen MR) is 164 cm³/mol. The van der Waals surface area contributed by atoms with Gasteiger partial charge in [0.25, 0.3) is 11.8 Å². The number of aromatic nitrogens is 4. The van der Waals surface area contributed by atoms with Crippen LogP contribution < -0.4 is 37.6 Å². The molecule has 3 aliphatic heterocycles. The maximum absolute atomic E-state index is 13.3. The normalized spacial score (nSPS) is 21.3. The largest absolute Gasteiger partial charge is 0.543 e. The first-order valence-electron chi connectivity index (χ1n) is 14.0. The monoisotopic (exact) mass is 692 g/mol. The molecule has 5 heterocycles. The van der Waals surface area contributed by atoms with Crippen molar-refractivity contribution in [2.75, 3.05) is 35.6 Å². The number of likely N-dealkylation sites (tertiary alicyclic amines) is 1. The summed E-state index contributed by atoms with van der Waals surface area (Å²) in [6, 6.07) is -1.66. The number of carbonyl (C=O) groups is 5. The maximum Gasteiger partial charge on any atom is 0.350 e. The number of amides is 4. The number of carbonyl (C=O) groups excluding carboxylic acids is 4. The zero-order chi connectivity index (χ0) is 34.4. The van der Waals surface area contributed by atoms with Crippen molar-refractivity contribution in [3.63, 3.8) is 0 Å². The van der Waals surface area contributed by atoms with Crippen LogP contribution in [0.5, 0.6) is 0 Å². The van der Waals surface area contributed by atoms with Crippen molar-refractivity contribution in [2.24, 2.45) is 17.9 Å². The number of hydrogen-bond acceptors (Lipinski definition) is 15. The number of oxime groups is 1. The Bertz CT molecular complexity index is 1720. The number of carboxylic acid groups (broad SMARTS) is 2. The summed E-state index contributed by atoms with van der Waals surface area (Å²) < 4.78 is 7.03. The van der Waals surface area contributed by atoms with Gasteiger partial charge in [-0.1, -0.05) is 5.16 Å². The van der Waals surface area contributed by atoms with E-state index >= 15 is 0 Å². The quantitative estimate of drug-likeness (QED) is 0.0612. The second-order valence-electron chi connectivity index (χ2n) is 11.4. The van der Waals surface area contributed by atoms with Crippen LogP contribution in [0.4, 0.5) is 21.4 Å². The second kappa shape index (κ2) is 12.7. The highest BCUT2D eigenvalue weighted by atomic mass is 32.2. The molecule has 0 saturated carbocycles. The van der Waals surface area contributed by atoms with E-state index in [0.717, 1.165) is 16.4 Å². The molecule has 2 aromatic heterocycles. The molecule has 2 fully saturated rings. The minimum Gasteiger partial charge on any atom is -0.543 e. The molecule has 2 aromatic rings. The highest BCUT2D eigenvalue weighted by Crippen LogP contribution is 2.40. The fourth-order valence-corrected chi connectivity index (χ4v) is 6.71. The fourth-order valence-electron chi connectivity index (χ4n) is 4.94. The molecule has 9 N–H and O–H groups in total. The number of nitrogens with two attached hydrogens (primary N) is 3. The van der Waals surface area contributed by atoms with E-state index in [1.807, 2.05) is 0 Å². The summed E-state index contributed by atoms with van der Waals surface area (Å²) in [5.41, 5.74) is 15.7. The summed E-state index contributed by atoms with van der Waals surface area (Å²) in [4.78, 5) is 74.6. The molecular formula is C25H32N12O8S2. The van der Waals surface area contributed by atoms with Gasteiger partial charge in [-0.25, -0.2) is 9.59 Å². The van der Waals surface area contributed by atoms with Crippen molar-refractivity contribution in [1.82, 2.24) is 29.2 Å². The van der Waals surface area contributed by atoms with E-state index in [1.54, 1.807) is 22.8 Å². The van der Waals surface area contributed by atoms with E-state index < -0.39 is 46.5 Å². The van der Waals surface area contributed by atoms with Gasteiger partial charge in [0.2, 0.25) is 23.3 Å². The molecule has 0 aliphatic carbocycles. The van der Waals surface area contributed by atoms with Crippen LogP contribution in [0, 0.1) is 0 Å². The molecule has 47 heavy (non-hydrogen) atoms. The lowest BCUT2D eigenvalue weighted by atomic mass is 10.0. The van der Waals surface area contributed by atoms with Crippen molar-refractivity contribution in [2.45, 2.75) is 49.9 Å². The Kier molecular flexibility index (Phi) is 9.01. The van der Waals surface area contributed by atoms with E-state index in [4.69, 9.17) is 22.0 Å². The lowest BCUT2D eigenvalue weighted by Crippen LogP contribution is -2.71. The average Bonchev–Trinajstić information content (AvgIpc) is 3.71. The van der Waals surface area contributed by atoms with Crippen molar-refractivity contribution in [3.8, 4) is 0 Å². The zero-order valence-corrected chi connectivity index (χ0v) is 27.0. The third kappa shape index (κ3) is 6.51. The topological polar surface area (TPSA) is 293 Å². The van der Waals surface area contributed by atoms with Gasteiger partial charge in [0, 0.05) is 42.0 Å². The van der Waals surface area contributed by atoms with E-state index in [2.05, 4.69) is 25.1 Å². The molecule has 252 valence electrons. The lowest BCUT2D eigenvalue weighted by Gasteiger charge is -2.50. The summed E-state index contributed by atoms with van der Waals surface area (Å²) in [6.45, 7) is 3.31. The predicted octanol–water partition coefficient (Wildman–Crippen LogP) is -3.42. The average molecular weight is 693 g/mol. The fraction of sp³-hybridized carbons (Fsp3) is 0.480. The summed E-state index contributed by atoms with van der Waals surface area (Å²) in [5.74, 6) is -4.59. The Morgan fingerprint density at radius 3 is 2.62 bits per heavy atom. The third-order valence-corrected chi connectivity index (χ3v) is 9.55. The first-order valence-corrected chi connectivity index (χ1v) is 15.9.